The SMILES string of the molecule is C=C(C)C(=O)OCC(O)Cc1ccccc1-c1ccccc1. The molecular formula is C19H20O3. The Kier molecular flexibility index (Phi) is 5.50. The zero-order chi connectivity index (χ0) is 15.9. The Bertz CT molecular complexity index is 647. The summed E-state index contributed by atoms with van der Waals surface area (Å²) in [4.78, 5) is 11.4. The van der Waals surface area contributed by atoms with E-state index in [1.807, 2.05) is 54.6 Å². The van der Waals surface area contributed by atoms with Gasteiger partial charge in [-0.1, -0.05) is 61.2 Å². The second-order valence-electron chi connectivity index (χ2n) is 5.26. The summed E-state index contributed by atoms with van der Waals surface area (Å²) in [6.45, 7) is 5.06. The van der Waals surface area contributed by atoms with Crippen LogP contribution in [0, 0.1) is 0 Å². The Morgan fingerprint density at radius 3 is 2.45 bits per heavy atom. The molecular weight excluding hydrogens is 276 g/mol. The van der Waals surface area contributed by atoms with E-state index in [0.29, 0.717) is 12.0 Å². The molecule has 0 bridgehead atoms. The van der Waals surface area contributed by atoms with Gasteiger partial charge in [-0.05, 0) is 23.6 Å². The van der Waals surface area contributed by atoms with Crippen molar-refractivity contribution in [3.05, 3.63) is 72.3 Å². The van der Waals surface area contributed by atoms with E-state index in [9.17, 15) is 9.90 Å². The number of ether oxygens (including phenoxy) is 1. The fourth-order valence-electron chi connectivity index (χ4n) is 2.21. The van der Waals surface area contributed by atoms with E-state index in [0.717, 1.165) is 16.7 Å². The Morgan fingerprint density at radius 2 is 1.77 bits per heavy atom. The van der Waals surface area contributed by atoms with Gasteiger partial charge in [0, 0.05) is 12.0 Å². The van der Waals surface area contributed by atoms with E-state index >= 15 is 0 Å². The van der Waals surface area contributed by atoms with Crippen LogP contribution in [-0.4, -0.2) is 23.8 Å². The molecule has 114 valence electrons. The first kappa shape index (κ1) is 16.0. The van der Waals surface area contributed by atoms with Crippen molar-refractivity contribution in [2.75, 3.05) is 6.61 Å². The largest absolute Gasteiger partial charge is 0.460 e. The number of esters is 1. The quantitative estimate of drug-likeness (QED) is 0.656. The molecule has 3 heteroatoms. The third-order valence-corrected chi connectivity index (χ3v) is 3.31. The van der Waals surface area contributed by atoms with Crippen LogP contribution in [0.4, 0.5) is 0 Å². The van der Waals surface area contributed by atoms with Crippen LogP contribution in [-0.2, 0) is 16.0 Å². The number of benzene rings is 2. The molecule has 1 unspecified atom stereocenters. The van der Waals surface area contributed by atoms with E-state index in [1.54, 1.807) is 6.92 Å². The summed E-state index contributed by atoms with van der Waals surface area (Å²) in [6.07, 6.45) is -0.317. The Morgan fingerprint density at radius 1 is 1.14 bits per heavy atom. The lowest BCUT2D eigenvalue weighted by atomic mass is 9.96. The maximum Gasteiger partial charge on any atom is 0.333 e. The normalized spacial score (nSPS) is 11.7. The average Bonchev–Trinajstić information content (AvgIpc) is 2.54. The van der Waals surface area contributed by atoms with Gasteiger partial charge in [-0.25, -0.2) is 4.79 Å². The fourth-order valence-corrected chi connectivity index (χ4v) is 2.21. The lowest BCUT2D eigenvalue weighted by Gasteiger charge is -2.14. The molecule has 0 spiro atoms. The van der Waals surface area contributed by atoms with Crippen LogP contribution >= 0.6 is 0 Å². The molecule has 0 aromatic heterocycles. The van der Waals surface area contributed by atoms with Crippen molar-refractivity contribution in [3.8, 4) is 11.1 Å². The van der Waals surface area contributed by atoms with Crippen molar-refractivity contribution in [2.45, 2.75) is 19.4 Å². The molecule has 22 heavy (non-hydrogen) atoms. The fraction of sp³-hybridized carbons (Fsp3) is 0.211. The van der Waals surface area contributed by atoms with Gasteiger partial charge in [-0.3, -0.25) is 0 Å². The van der Waals surface area contributed by atoms with Crippen LogP contribution in [0.15, 0.2) is 66.7 Å². The van der Waals surface area contributed by atoms with Crippen molar-refractivity contribution in [1.82, 2.24) is 0 Å². The molecule has 1 atom stereocenters. The molecule has 0 aliphatic rings. The number of carbonyl (C=O) groups is 1. The minimum Gasteiger partial charge on any atom is -0.460 e. The monoisotopic (exact) mass is 296 g/mol. The van der Waals surface area contributed by atoms with Crippen LogP contribution in [0.1, 0.15) is 12.5 Å². The highest BCUT2D eigenvalue weighted by molar-refractivity contribution is 5.86. The van der Waals surface area contributed by atoms with Gasteiger partial charge in [0.25, 0.3) is 0 Å². The summed E-state index contributed by atoms with van der Waals surface area (Å²) < 4.78 is 4.99. The zero-order valence-electron chi connectivity index (χ0n) is 12.7. The molecule has 2 aromatic rings. The average molecular weight is 296 g/mol. The highest BCUT2D eigenvalue weighted by Crippen LogP contribution is 2.24. The van der Waals surface area contributed by atoms with Crippen LogP contribution in [0.3, 0.4) is 0 Å². The van der Waals surface area contributed by atoms with Crippen LogP contribution in [0.25, 0.3) is 11.1 Å². The van der Waals surface area contributed by atoms with Gasteiger partial charge in [-0.2, -0.15) is 0 Å². The van der Waals surface area contributed by atoms with Crippen molar-refractivity contribution < 1.29 is 14.6 Å². The van der Waals surface area contributed by atoms with Crippen molar-refractivity contribution in [3.63, 3.8) is 0 Å². The van der Waals surface area contributed by atoms with E-state index in [2.05, 4.69) is 6.58 Å². The number of hydrogen-bond donors (Lipinski definition) is 1. The predicted octanol–water partition coefficient (Wildman–Crippen LogP) is 3.38. The number of aliphatic hydroxyl groups is 1. The van der Waals surface area contributed by atoms with Crippen LogP contribution in [0.2, 0.25) is 0 Å². The number of hydrogen-bond acceptors (Lipinski definition) is 3. The first-order valence-electron chi connectivity index (χ1n) is 7.22. The minimum atomic E-state index is -0.742. The Labute approximate surface area is 130 Å². The number of rotatable bonds is 6. The summed E-state index contributed by atoms with van der Waals surface area (Å²) in [5.74, 6) is -0.476. The molecule has 0 aliphatic carbocycles. The highest BCUT2D eigenvalue weighted by Gasteiger charge is 2.13. The second-order valence-corrected chi connectivity index (χ2v) is 5.26. The van der Waals surface area contributed by atoms with Gasteiger partial charge >= 0.3 is 5.97 Å². The predicted molar refractivity (Wildman–Crippen MR) is 87.4 cm³/mol. The van der Waals surface area contributed by atoms with Crippen molar-refractivity contribution in [2.24, 2.45) is 0 Å². The summed E-state index contributed by atoms with van der Waals surface area (Å²) in [5.41, 5.74) is 3.53. The molecule has 2 rings (SSSR count). The summed E-state index contributed by atoms with van der Waals surface area (Å²) in [6, 6.07) is 17.9. The third kappa shape index (κ3) is 4.30. The molecule has 0 saturated carbocycles. The van der Waals surface area contributed by atoms with Gasteiger partial charge in [0.2, 0.25) is 0 Å². The first-order valence-corrected chi connectivity index (χ1v) is 7.22. The Balaban J connectivity index is 2.07. The molecule has 3 nitrogen and oxygen atoms in total. The van der Waals surface area contributed by atoms with E-state index in [4.69, 9.17) is 4.74 Å². The smallest absolute Gasteiger partial charge is 0.333 e. The minimum absolute atomic E-state index is 0.0329. The molecule has 0 aliphatic heterocycles. The van der Waals surface area contributed by atoms with Crippen LogP contribution < -0.4 is 0 Å². The van der Waals surface area contributed by atoms with E-state index in [-0.39, 0.29) is 6.61 Å². The van der Waals surface area contributed by atoms with Gasteiger partial charge in [-0.15, -0.1) is 0 Å². The molecule has 0 amide bonds. The topological polar surface area (TPSA) is 46.5 Å². The highest BCUT2D eigenvalue weighted by atomic mass is 16.5. The second kappa shape index (κ2) is 7.57. The molecule has 1 N–H and O–H groups in total. The number of carbonyl (C=O) groups excluding carboxylic acids is 1. The molecule has 2 aromatic carbocycles. The molecule has 0 heterocycles. The van der Waals surface area contributed by atoms with E-state index in [1.165, 1.54) is 0 Å². The summed E-state index contributed by atoms with van der Waals surface area (Å²) in [5, 5.41) is 10.1. The molecule has 0 saturated heterocycles. The zero-order valence-corrected chi connectivity index (χ0v) is 12.7. The van der Waals surface area contributed by atoms with Gasteiger partial charge in [0.05, 0.1) is 6.10 Å². The third-order valence-electron chi connectivity index (χ3n) is 3.31. The van der Waals surface area contributed by atoms with Gasteiger partial charge in [0.15, 0.2) is 0 Å². The van der Waals surface area contributed by atoms with Crippen LogP contribution in [0.5, 0.6) is 0 Å². The standard InChI is InChI=1S/C19H20O3/c1-14(2)19(21)22-13-17(20)12-16-10-6-7-11-18(16)15-8-4-3-5-9-15/h3-11,17,20H,1,12-13H2,2H3. The van der Waals surface area contributed by atoms with Crippen molar-refractivity contribution >= 4 is 5.97 Å². The van der Waals surface area contributed by atoms with E-state index < -0.39 is 12.1 Å². The molecule has 0 radical (unpaired) electrons. The summed E-state index contributed by atoms with van der Waals surface area (Å²) >= 11 is 0. The molecule has 0 fully saturated rings. The van der Waals surface area contributed by atoms with Gasteiger partial charge < -0.3 is 9.84 Å². The Hall–Kier alpha value is -2.39. The van der Waals surface area contributed by atoms with Crippen molar-refractivity contribution in [1.29, 1.82) is 0 Å². The van der Waals surface area contributed by atoms with Gasteiger partial charge in [0.1, 0.15) is 6.61 Å². The first-order chi connectivity index (χ1) is 10.6. The lowest BCUT2D eigenvalue weighted by molar-refractivity contribution is -0.141. The lowest BCUT2D eigenvalue weighted by Crippen LogP contribution is -2.21. The summed E-state index contributed by atoms with van der Waals surface area (Å²) in [7, 11) is 0. The number of aliphatic hydroxyl groups excluding tert-OH is 1. The maximum absolute atomic E-state index is 11.4. The maximum atomic E-state index is 11.4.